The average Bonchev–Trinajstić information content (AvgIpc) is 2.54. The Labute approximate surface area is 135 Å². The molecule has 2 aromatic rings. The van der Waals surface area contributed by atoms with Crippen molar-refractivity contribution >= 4 is 27.3 Å². The Bertz CT molecular complexity index is 801. The van der Waals surface area contributed by atoms with E-state index in [4.69, 9.17) is 4.74 Å². The number of sulfonamides is 1. The van der Waals surface area contributed by atoms with Gasteiger partial charge in [0.25, 0.3) is 5.91 Å². The van der Waals surface area contributed by atoms with Crippen LogP contribution in [0.25, 0.3) is 0 Å². The van der Waals surface area contributed by atoms with Gasteiger partial charge in [-0.15, -0.1) is 0 Å². The molecule has 0 heterocycles. The summed E-state index contributed by atoms with van der Waals surface area (Å²) in [6.45, 7) is 0. The first kappa shape index (κ1) is 16.8. The number of amides is 1. The highest BCUT2D eigenvalue weighted by atomic mass is 32.2. The first-order valence-corrected chi connectivity index (χ1v) is 8.66. The fourth-order valence-electron chi connectivity index (χ4n) is 1.98. The molecule has 2 rings (SSSR count). The Morgan fingerprint density at radius 1 is 1.09 bits per heavy atom. The lowest BCUT2D eigenvalue weighted by molar-refractivity contribution is 0.102. The van der Waals surface area contributed by atoms with E-state index in [0.717, 1.165) is 6.26 Å². The molecular formula is C16H18N2O4S. The Morgan fingerprint density at radius 3 is 2.26 bits per heavy atom. The molecule has 1 N–H and O–H groups in total. The van der Waals surface area contributed by atoms with Crippen molar-refractivity contribution in [2.24, 2.45) is 0 Å². The molecular weight excluding hydrogens is 316 g/mol. The number of methoxy groups -OCH3 is 1. The molecule has 0 aliphatic rings. The van der Waals surface area contributed by atoms with Gasteiger partial charge < -0.3 is 10.1 Å². The monoisotopic (exact) mass is 334 g/mol. The average molecular weight is 334 g/mol. The van der Waals surface area contributed by atoms with Gasteiger partial charge in [0.15, 0.2) is 0 Å². The summed E-state index contributed by atoms with van der Waals surface area (Å²) in [5, 5.41) is 2.75. The van der Waals surface area contributed by atoms with Crippen LogP contribution in [0.1, 0.15) is 10.4 Å². The Morgan fingerprint density at radius 2 is 1.70 bits per heavy atom. The molecule has 0 atom stereocenters. The molecule has 23 heavy (non-hydrogen) atoms. The van der Waals surface area contributed by atoms with E-state index in [9.17, 15) is 13.2 Å². The molecule has 0 aliphatic carbocycles. The first-order valence-electron chi connectivity index (χ1n) is 6.81. The van der Waals surface area contributed by atoms with Crippen LogP contribution in [0.2, 0.25) is 0 Å². The number of nitrogens with zero attached hydrogens (tertiary/aromatic N) is 1. The maximum absolute atomic E-state index is 12.3. The lowest BCUT2D eigenvalue weighted by atomic mass is 10.2. The van der Waals surface area contributed by atoms with Crippen LogP contribution in [0.5, 0.6) is 5.75 Å². The zero-order valence-electron chi connectivity index (χ0n) is 13.1. The number of carbonyl (C=O) groups is 1. The van der Waals surface area contributed by atoms with Crippen LogP contribution in [-0.4, -0.2) is 34.7 Å². The van der Waals surface area contributed by atoms with E-state index < -0.39 is 10.0 Å². The molecule has 7 heteroatoms. The molecule has 0 aliphatic heterocycles. The van der Waals surface area contributed by atoms with Gasteiger partial charge in [0.05, 0.1) is 24.6 Å². The maximum Gasteiger partial charge on any atom is 0.259 e. The summed E-state index contributed by atoms with van der Waals surface area (Å²) in [4.78, 5) is 12.3. The van der Waals surface area contributed by atoms with Crippen LogP contribution in [0.15, 0.2) is 48.5 Å². The van der Waals surface area contributed by atoms with Gasteiger partial charge in [-0.05, 0) is 36.4 Å². The number of hydrogen-bond donors (Lipinski definition) is 1. The molecule has 1 amide bonds. The van der Waals surface area contributed by atoms with Crippen LogP contribution >= 0.6 is 0 Å². The van der Waals surface area contributed by atoms with Crippen LogP contribution in [0.3, 0.4) is 0 Å². The van der Waals surface area contributed by atoms with Crippen LogP contribution in [-0.2, 0) is 10.0 Å². The summed E-state index contributed by atoms with van der Waals surface area (Å²) in [6, 6.07) is 13.4. The second kappa shape index (κ2) is 6.70. The van der Waals surface area contributed by atoms with Crippen molar-refractivity contribution in [1.82, 2.24) is 0 Å². The molecule has 6 nitrogen and oxygen atoms in total. The van der Waals surface area contributed by atoms with E-state index >= 15 is 0 Å². The van der Waals surface area contributed by atoms with Gasteiger partial charge in [0.2, 0.25) is 10.0 Å². The number of carbonyl (C=O) groups excluding carboxylic acids is 1. The second-order valence-corrected chi connectivity index (χ2v) is 6.95. The summed E-state index contributed by atoms with van der Waals surface area (Å²) in [5.74, 6) is 0.185. The van der Waals surface area contributed by atoms with Crippen LogP contribution < -0.4 is 14.4 Å². The number of rotatable bonds is 5. The van der Waals surface area contributed by atoms with E-state index in [1.165, 1.54) is 18.5 Å². The number of hydrogen-bond acceptors (Lipinski definition) is 4. The lowest BCUT2D eigenvalue weighted by Crippen LogP contribution is -2.24. The zero-order valence-corrected chi connectivity index (χ0v) is 13.9. The fourth-order valence-corrected chi connectivity index (χ4v) is 2.48. The van der Waals surface area contributed by atoms with E-state index in [0.29, 0.717) is 22.7 Å². The van der Waals surface area contributed by atoms with Crippen LogP contribution in [0.4, 0.5) is 11.4 Å². The highest BCUT2D eigenvalue weighted by Crippen LogP contribution is 2.21. The number of benzene rings is 2. The molecule has 0 bridgehead atoms. The van der Waals surface area contributed by atoms with E-state index in [2.05, 4.69) is 5.32 Å². The summed E-state index contributed by atoms with van der Waals surface area (Å²) in [5.41, 5.74) is 1.50. The molecule has 0 saturated carbocycles. The maximum atomic E-state index is 12.3. The molecule has 122 valence electrons. The molecule has 0 radical (unpaired) electrons. The normalized spacial score (nSPS) is 10.9. The van der Waals surface area contributed by atoms with Crippen molar-refractivity contribution < 1.29 is 17.9 Å². The molecule has 0 saturated heterocycles. The van der Waals surface area contributed by atoms with Gasteiger partial charge in [-0.25, -0.2) is 8.42 Å². The summed E-state index contributed by atoms with van der Waals surface area (Å²) < 4.78 is 29.3. The van der Waals surface area contributed by atoms with Crippen molar-refractivity contribution in [3.8, 4) is 5.75 Å². The van der Waals surface area contributed by atoms with E-state index in [1.807, 2.05) is 0 Å². The van der Waals surface area contributed by atoms with Gasteiger partial charge in [0, 0.05) is 12.7 Å². The third-order valence-corrected chi connectivity index (χ3v) is 4.54. The fraction of sp³-hybridized carbons (Fsp3) is 0.188. The third-order valence-electron chi connectivity index (χ3n) is 3.34. The number of ether oxygens (including phenoxy) is 1. The van der Waals surface area contributed by atoms with Crippen molar-refractivity contribution in [2.75, 3.05) is 30.0 Å². The highest BCUT2D eigenvalue weighted by Gasteiger charge is 2.13. The van der Waals surface area contributed by atoms with Gasteiger partial charge in [-0.1, -0.05) is 12.1 Å². The standard InChI is InChI=1S/C16H18N2O4S/c1-18(23(3,20)21)13-10-8-12(9-11-13)17-16(19)14-6-4-5-7-15(14)22-2/h4-11H,1-3H3,(H,17,19). The SMILES string of the molecule is COc1ccccc1C(=O)Nc1ccc(N(C)S(C)(=O)=O)cc1. The minimum Gasteiger partial charge on any atom is -0.496 e. The predicted molar refractivity (Wildman–Crippen MR) is 90.6 cm³/mol. The largest absolute Gasteiger partial charge is 0.496 e. The molecule has 0 spiro atoms. The summed E-state index contributed by atoms with van der Waals surface area (Å²) in [6.07, 6.45) is 1.13. The van der Waals surface area contributed by atoms with E-state index in [-0.39, 0.29) is 5.91 Å². The number of nitrogens with one attached hydrogen (secondary N) is 1. The van der Waals surface area contributed by atoms with Crippen molar-refractivity contribution in [2.45, 2.75) is 0 Å². The van der Waals surface area contributed by atoms with Gasteiger partial charge in [0.1, 0.15) is 5.75 Å². The van der Waals surface area contributed by atoms with Crippen LogP contribution in [0, 0.1) is 0 Å². The van der Waals surface area contributed by atoms with Crippen molar-refractivity contribution in [3.63, 3.8) is 0 Å². The Hall–Kier alpha value is -2.54. The summed E-state index contributed by atoms with van der Waals surface area (Å²) in [7, 11) is -0.342. The first-order chi connectivity index (χ1) is 10.8. The molecule has 0 unspecified atom stereocenters. The molecule has 0 fully saturated rings. The molecule has 0 aromatic heterocycles. The summed E-state index contributed by atoms with van der Waals surface area (Å²) >= 11 is 0. The molecule has 2 aromatic carbocycles. The van der Waals surface area contributed by atoms with Gasteiger partial charge >= 0.3 is 0 Å². The lowest BCUT2D eigenvalue weighted by Gasteiger charge is -2.17. The Kier molecular flexibility index (Phi) is 4.90. The minimum atomic E-state index is -3.31. The quantitative estimate of drug-likeness (QED) is 0.910. The topological polar surface area (TPSA) is 75.7 Å². The second-order valence-electron chi connectivity index (χ2n) is 4.93. The van der Waals surface area contributed by atoms with Crippen molar-refractivity contribution in [1.29, 1.82) is 0 Å². The predicted octanol–water partition coefficient (Wildman–Crippen LogP) is 2.34. The van der Waals surface area contributed by atoms with Gasteiger partial charge in [-0.2, -0.15) is 0 Å². The number of para-hydroxylation sites is 1. The Balaban J connectivity index is 2.17. The highest BCUT2D eigenvalue weighted by molar-refractivity contribution is 7.92. The third kappa shape index (κ3) is 4.01. The minimum absolute atomic E-state index is 0.299. The van der Waals surface area contributed by atoms with Gasteiger partial charge in [-0.3, -0.25) is 9.10 Å². The zero-order chi connectivity index (χ0) is 17.0. The number of anilines is 2. The van der Waals surface area contributed by atoms with E-state index in [1.54, 1.807) is 48.5 Å². The smallest absolute Gasteiger partial charge is 0.259 e. The van der Waals surface area contributed by atoms with Crippen molar-refractivity contribution in [3.05, 3.63) is 54.1 Å².